The molecule has 7 nitrogen and oxygen atoms in total. The van der Waals surface area contributed by atoms with Crippen LogP contribution in [0.4, 0.5) is 5.69 Å². The van der Waals surface area contributed by atoms with Crippen molar-refractivity contribution in [1.29, 1.82) is 5.41 Å². The van der Waals surface area contributed by atoms with Crippen molar-refractivity contribution < 1.29 is 4.79 Å². The number of nitrogens with zero attached hydrogens (tertiary/aromatic N) is 5. The van der Waals surface area contributed by atoms with Crippen LogP contribution in [0.3, 0.4) is 0 Å². The number of hydrogen-bond donors (Lipinski definition) is 1. The average molecular weight is 513 g/mol. The fraction of sp³-hybridized carbons (Fsp3) is 0.516. The van der Waals surface area contributed by atoms with Crippen LogP contribution in [-0.4, -0.2) is 76.8 Å². The number of anilines is 1. The summed E-state index contributed by atoms with van der Waals surface area (Å²) in [7, 11) is 0. The van der Waals surface area contributed by atoms with Crippen LogP contribution in [0.2, 0.25) is 0 Å². The van der Waals surface area contributed by atoms with E-state index >= 15 is 0 Å². The molecule has 3 aliphatic rings. The highest BCUT2D eigenvalue weighted by Gasteiger charge is 2.36. The van der Waals surface area contributed by atoms with Gasteiger partial charge in [0.15, 0.2) is 0 Å². The lowest BCUT2D eigenvalue weighted by atomic mass is 9.75. The highest BCUT2D eigenvalue weighted by molar-refractivity contribution is 5.83. The lowest BCUT2D eigenvalue weighted by Gasteiger charge is -2.40. The number of fused-ring (bicyclic) bond motifs is 1. The lowest BCUT2D eigenvalue weighted by molar-refractivity contribution is -0.139. The van der Waals surface area contributed by atoms with Crippen molar-refractivity contribution in [2.45, 2.75) is 51.5 Å². The summed E-state index contributed by atoms with van der Waals surface area (Å²) in [6.45, 7) is 10.1. The van der Waals surface area contributed by atoms with Crippen molar-refractivity contribution in [2.24, 2.45) is 11.8 Å². The third-order valence-corrected chi connectivity index (χ3v) is 9.08. The van der Waals surface area contributed by atoms with E-state index < -0.39 is 0 Å². The maximum atomic E-state index is 12.8. The molecule has 0 spiro atoms. The zero-order valence-electron chi connectivity index (χ0n) is 22.7. The molecule has 38 heavy (non-hydrogen) atoms. The Kier molecular flexibility index (Phi) is 6.95. The van der Waals surface area contributed by atoms with E-state index in [9.17, 15) is 4.79 Å². The largest absolute Gasteiger partial charge is 0.366 e. The number of carbonyl (C=O) groups excluding carboxylic acids is 1. The van der Waals surface area contributed by atoms with E-state index in [1.165, 1.54) is 48.0 Å². The highest BCUT2D eigenvalue weighted by Crippen LogP contribution is 2.35. The van der Waals surface area contributed by atoms with E-state index in [0.29, 0.717) is 17.9 Å². The van der Waals surface area contributed by atoms with Crippen LogP contribution in [0.1, 0.15) is 51.0 Å². The first-order chi connectivity index (χ1) is 18.5. The molecule has 3 fully saturated rings. The first-order valence-corrected chi connectivity index (χ1v) is 14.4. The molecule has 6 rings (SSSR count). The molecule has 0 radical (unpaired) electrons. The third kappa shape index (κ3) is 4.84. The quantitative estimate of drug-likeness (QED) is 0.477. The van der Waals surface area contributed by atoms with Crippen LogP contribution >= 0.6 is 0 Å². The van der Waals surface area contributed by atoms with Gasteiger partial charge in [0.1, 0.15) is 0 Å². The zero-order valence-corrected chi connectivity index (χ0v) is 22.7. The SMILES string of the molecule is CC(C)N1CCC[C@@H](c2ccc(-c3cc4c(N5CCN(C(=O)[C@H]6C[C@H](C=N)C6)CC5)ccnn4c3)cc2)C1. The van der Waals surface area contributed by atoms with Crippen molar-refractivity contribution in [3.63, 3.8) is 0 Å². The van der Waals surface area contributed by atoms with Gasteiger partial charge in [-0.2, -0.15) is 5.10 Å². The van der Waals surface area contributed by atoms with Gasteiger partial charge in [-0.05, 0) is 87.4 Å². The van der Waals surface area contributed by atoms with Crippen LogP contribution in [0.5, 0.6) is 0 Å². The van der Waals surface area contributed by atoms with Gasteiger partial charge < -0.3 is 20.1 Å². The fourth-order valence-corrected chi connectivity index (χ4v) is 6.55. The predicted octanol–water partition coefficient (Wildman–Crippen LogP) is 4.91. The summed E-state index contributed by atoms with van der Waals surface area (Å²) in [5.74, 6) is 1.32. The monoisotopic (exact) mass is 512 g/mol. The van der Waals surface area contributed by atoms with Crippen molar-refractivity contribution in [2.75, 3.05) is 44.2 Å². The Bertz CT molecular complexity index is 1280. The standard InChI is InChI=1S/C31H40N6O/c1-22(2)36-11-3-4-26(20-36)24-5-7-25(8-6-24)28-18-30-29(9-10-33-37(30)21-28)34-12-14-35(15-13-34)31(38)27-16-23(17-27)19-32/h5-10,18-19,21-23,26-27,32H,3-4,11-17,20H2,1-2H3/t23-,26-,27-/m1/s1. The number of nitrogens with one attached hydrogen (secondary N) is 1. The summed E-state index contributed by atoms with van der Waals surface area (Å²) in [6.07, 6.45) is 9.74. The summed E-state index contributed by atoms with van der Waals surface area (Å²) >= 11 is 0. The number of benzene rings is 1. The zero-order chi connectivity index (χ0) is 26.2. The summed E-state index contributed by atoms with van der Waals surface area (Å²) in [5, 5.41) is 12.0. The van der Waals surface area contributed by atoms with E-state index in [1.54, 1.807) is 0 Å². The minimum atomic E-state index is 0.118. The molecule has 2 saturated heterocycles. The Morgan fingerprint density at radius 2 is 1.79 bits per heavy atom. The lowest BCUT2D eigenvalue weighted by Crippen LogP contribution is -2.52. The van der Waals surface area contributed by atoms with Crippen LogP contribution in [-0.2, 0) is 4.79 Å². The van der Waals surface area contributed by atoms with Crippen LogP contribution in [0, 0.1) is 17.2 Å². The van der Waals surface area contributed by atoms with Crippen molar-refractivity contribution in [1.82, 2.24) is 19.4 Å². The number of piperazine rings is 1. The van der Waals surface area contributed by atoms with Crippen molar-refractivity contribution in [3.05, 3.63) is 54.4 Å². The number of aromatic nitrogens is 2. The second kappa shape index (κ2) is 10.5. The van der Waals surface area contributed by atoms with Gasteiger partial charge >= 0.3 is 0 Å². The van der Waals surface area contributed by atoms with Gasteiger partial charge in [-0.25, -0.2) is 4.52 Å². The molecule has 1 atom stereocenters. The predicted molar refractivity (Wildman–Crippen MR) is 153 cm³/mol. The number of carbonyl (C=O) groups is 1. The Hall–Kier alpha value is -3.19. The number of rotatable bonds is 6. The maximum Gasteiger partial charge on any atom is 0.225 e. The van der Waals surface area contributed by atoms with Gasteiger partial charge in [-0.1, -0.05) is 24.3 Å². The van der Waals surface area contributed by atoms with E-state index in [2.05, 4.69) is 71.3 Å². The first kappa shape index (κ1) is 25.1. The molecule has 1 aliphatic carbocycles. The van der Waals surface area contributed by atoms with E-state index in [-0.39, 0.29) is 11.8 Å². The van der Waals surface area contributed by atoms with E-state index in [4.69, 9.17) is 5.41 Å². The van der Waals surface area contributed by atoms with Crippen LogP contribution in [0.25, 0.3) is 16.6 Å². The van der Waals surface area contributed by atoms with Crippen LogP contribution in [0.15, 0.2) is 48.8 Å². The van der Waals surface area contributed by atoms with Gasteiger partial charge in [0, 0.05) is 62.6 Å². The molecule has 1 N–H and O–H groups in total. The molecule has 1 saturated carbocycles. The van der Waals surface area contributed by atoms with Gasteiger partial charge in [-0.15, -0.1) is 0 Å². The van der Waals surface area contributed by atoms with Crippen molar-refractivity contribution >= 4 is 23.3 Å². The average Bonchev–Trinajstić information content (AvgIpc) is 3.37. The number of amides is 1. The van der Waals surface area contributed by atoms with E-state index in [0.717, 1.165) is 51.1 Å². The molecule has 1 amide bonds. The molecule has 1 aromatic carbocycles. The third-order valence-electron chi connectivity index (χ3n) is 9.08. The minimum absolute atomic E-state index is 0.118. The Morgan fingerprint density at radius 1 is 1.03 bits per heavy atom. The normalized spacial score (nSPS) is 24.6. The second-order valence-electron chi connectivity index (χ2n) is 11.7. The van der Waals surface area contributed by atoms with Gasteiger partial charge in [0.05, 0.1) is 11.2 Å². The molecule has 0 bridgehead atoms. The summed E-state index contributed by atoms with van der Waals surface area (Å²) in [4.78, 5) is 19.9. The molecule has 0 unspecified atom stereocenters. The van der Waals surface area contributed by atoms with Gasteiger partial charge in [0.2, 0.25) is 5.91 Å². The van der Waals surface area contributed by atoms with Gasteiger partial charge in [0.25, 0.3) is 0 Å². The molecule has 2 aliphatic heterocycles. The summed E-state index contributed by atoms with van der Waals surface area (Å²) < 4.78 is 1.99. The fourth-order valence-electron chi connectivity index (χ4n) is 6.55. The summed E-state index contributed by atoms with van der Waals surface area (Å²) in [5.41, 5.74) is 6.14. The number of likely N-dealkylation sites (tertiary alicyclic amines) is 1. The Morgan fingerprint density at radius 3 is 2.50 bits per heavy atom. The Balaban J connectivity index is 1.14. The minimum Gasteiger partial charge on any atom is -0.366 e. The molecule has 200 valence electrons. The molecule has 7 heteroatoms. The number of piperidine rings is 1. The first-order valence-electron chi connectivity index (χ1n) is 14.4. The summed E-state index contributed by atoms with van der Waals surface area (Å²) in [6, 6.07) is 14.1. The molecule has 4 heterocycles. The van der Waals surface area contributed by atoms with Crippen molar-refractivity contribution in [3.8, 4) is 11.1 Å². The topological polar surface area (TPSA) is 67.9 Å². The van der Waals surface area contributed by atoms with E-state index in [1.807, 2.05) is 15.6 Å². The highest BCUT2D eigenvalue weighted by atomic mass is 16.2. The Labute approximate surface area is 225 Å². The second-order valence-corrected chi connectivity index (χ2v) is 11.7. The molecule has 2 aromatic heterocycles. The van der Waals surface area contributed by atoms with Crippen LogP contribution < -0.4 is 4.90 Å². The number of hydrogen-bond acceptors (Lipinski definition) is 5. The maximum absolute atomic E-state index is 12.8. The smallest absolute Gasteiger partial charge is 0.225 e. The molecular formula is C31H40N6O. The molecule has 3 aromatic rings. The molecular weight excluding hydrogens is 472 g/mol. The van der Waals surface area contributed by atoms with Gasteiger partial charge in [-0.3, -0.25) is 4.79 Å².